The monoisotopic (exact) mass is 244 g/mol. The second kappa shape index (κ2) is 7.50. The molecule has 0 saturated heterocycles. The van der Waals surface area contributed by atoms with E-state index in [-0.39, 0.29) is 5.82 Å². The molecular formula is C13H18ClFO. The van der Waals surface area contributed by atoms with Crippen LogP contribution in [0.1, 0.15) is 31.2 Å². The average Bonchev–Trinajstić information content (AvgIpc) is 2.26. The highest BCUT2D eigenvalue weighted by Gasteiger charge is 2.00. The van der Waals surface area contributed by atoms with E-state index in [4.69, 9.17) is 16.3 Å². The van der Waals surface area contributed by atoms with Gasteiger partial charge in [-0.3, -0.25) is 0 Å². The Hall–Kier alpha value is -0.760. The van der Waals surface area contributed by atoms with E-state index in [0.717, 1.165) is 42.9 Å². The van der Waals surface area contributed by atoms with Crippen molar-refractivity contribution in [1.29, 1.82) is 0 Å². The summed E-state index contributed by atoms with van der Waals surface area (Å²) >= 11 is 5.58. The molecule has 0 bridgehead atoms. The Morgan fingerprint density at radius 3 is 2.62 bits per heavy atom. The molecule has 0 spiro atoms. The third-order valence-electron chi connectivity index (χ3n) is 2.42. The van der Waals surface area contributed by atoms with Crippen LogP contribution in [0.5, 0.6) is 5.75 Å². The first-order chi connectivity index (χ1) is 7.74. The average molecular weight is 245 g/mol. The Morgan fingerprint density at radius 2 is 1.94 bits per heavy atom. The van der Waals surface area contributed by atoms with E-state index in [0.29, 0.717) is 6.61 Å². The molecule has 0 aliphatic heterocycles. The molecule has 0 atom stereocenters. The largest absolute Gasteiger partial charge is 0.493 e. The van der Waals surface area contributed by atoms with Crippen LogP contribution in [-0.2, 0) is 0 Å². The van der Waals surface area contributed by atoms with E-state index in [1.54, 1.807) is 6.07 Å². The van der Waals surface area contributed by atoms with Crippen molar-refractivity contribution in [2.45, 2.75) is 32.6 Å². The highest BCUT2D eigenvalue weighted by molar-refractivity contribution is 6.17. The smallest absolute Gasteiger partial charge is 0.123 e. The summed E-state index contributed by atoms with van der Waals surface area (Å²) in [4.78, 5) is 0. The molecule has 0 saturated carbocycles. The maximum Gasteiger partial charge on any atom is 0.123 e. The van der Waals surface area contributed by atoms with Gasteiger partial charge >= 0.3 is 0 Å². The van der Waals surface area contributed by atoms with Crippen molar-refractivity contribution in [1.82, 2.24) is 0 Å². The summed E-state index contributed by atoms with van der Waals surface area (Å²) in [7, 11) is 0. The lowest BCUT2D eigenvalue weighted by Gasteiger charge is -2.08. The van der Waals surface area contributed by atoms with Gasteiger partial charge in [0.1, 0.15) is 11.6 Å². The Morgan fingerprint density at radius 1 is 1.19 bits per heavy atom. The SMILES string of the molecule is Cc1cc(F)ccc1OCCCCCCCl. The second-order valence-corrected chi connectivity index (χ2v) is 4.24. The van der Waals surface area contributed by atoms with E-state index in [1.165, 1.54) is 12.1 Å². The van der Waals surface area contributed by atoms with E-state index in [1.807, 2.05) is 6.92 Å². The topological polar surface area (TPSA) is 9.23 Å². The van der Waals surface area contributed by atoms with Gasteiger partial charge in [-0.25, -0.2) is 4.39 Å². The van der Waals surface area contributed by atoms with E-state index in [9.17, 15) is 4.39 Å². The predicted molar refractivity (Wildman–Crippen MR) is 65.8 cm³/mol. The van der Waals surface area contributed by atoms with Crippen LogP contribution in [-0.4, -0.2) is 12.5 Å². The first-order valence-corrected chi connectivity index (χ1v) is 6.22. The maximum absolute atomic E-state index is 12.8. The van der Waals surface area contributed by atoms with Crippen LogP contribution in [0.2, 0.25) is 0 Å². The van der Waals surface area contributed by atoms with Gasteiger partial charge in [0.25, 0.3) is 0 Å². The Kier molecular flexibility index (Phi) is 6.24. The Balaban J connectivity index is 2.21. The van der Waals surface area contributed by atoms with Gasteiger partial charge in [0.05, 0.1) is 6.61 Å². The quantitative estimate of drug-likeness (QED) is 0.513. The van der Waals surface area contributed by atoms with E-state index in [2.05, 4.69) is 0 Å². The minimum atomic E-state index is -0.216. The molecule has 90 valence electrons. The number of hydrogen-bond donors (Lipinski definition) is 0. The molecule has 1 aromatic carbocycles. The maximum atomic E-state index is 12.8. The van der Waals surface area contributed by atoms with Gasteiger partial charge in [-0.05, 0) is 43.5 Å². The lowest BCUT2D eigenvalue weighted by Crippen LogP contribution is -1.99. The van der Waals surface area contributed by atoms with Gasteiger partial charge in [-0.2, -0.15) is 0 Å². The van der Waals surface area contributed by atoms with Crippen LogP contribution in [0.25, 0.3) is 0 Å². The van der Waals surface area contributed by atoms with Crippen molar-refractivity contribution < 1.29 is 9.13 Å². The molecule has 0 radical (unpaired) electrons. The van der Waals surface area contributed by atoms with E-state index >= 15 is 0 Å². The van der Waals surface area contributed by atoms with Crippen LogP contribution >= 0.6 is 11.6 Å². The zero-order valence-electron chi connectivity index (χ0n) is 9.64. The van der Waals surface area contributed by atoms with Crippen LogP contribution in [0, 0.1) is 12.7 Å². The van der Waals surface area contributed by atoms with E-state index < -0.39 is 0 Å². The summed E-state index contributed by atoms with van der Waals surface area (Å²) in [5.41, 5.74) is 0.848. The minimum absolute atomic E-state index is 0.216. The number of halogens is 2. The van der Waals surface area contributed by atoms with Crippen molar-refractivity contribution in [3.05, 3.63) is 29.6 Å². The molecule has 0 aliphatic carbocycles. The highest BCUT2D eigenvalue weighted by Crippen LogP contribution is 2.18. The predicted octanol–water partition coefficient (Wildman–Crippen LogP) is 4.31. The molecule has 0 unspecified atom stereocenters. The molecule has 3 heteroatoms. The number of aryl methyl sites for hydroxylation is 1. The molecule has 1 aromatic rings. The molecule has 0 aromatic heterocycles. The van der Waals surface area contributed by atoms with Gasteiger partial charge in [0, 0.05) is 5.88 Å². The summed E-state index contributed by atoms with van der Waals surface area (Å²) in [6, 6.07) is 4.60. The third kappa shape index (κ3) is 4.84. The van der Waals surface area contributed by atoms with Crippen LogP contribution in [0.4, 0.5) is 4.39 Å². The second-order valence-electron chi connectivity index (χ2n) is 3.86. The standard InChI is InChI=1S/C13H18ClFO/c1-11-10-12(15)6-7-13(11)16-9-5-3-2-4-8-14/h6-7,10H,2-5,8-9H2,1H3. The number of alkyl halides is 1. The fourth-order valence-electron chi connectivity index (χ4n) is 1.51. The first kappa shape index (κ1) is 13.3. The lowest BCUT2D eigenvalue weighted by atomic mass is 10.2. The number of hydrogen-bond acceptors (Lipinski definition) is 1. The fourth-order valence-corrected chi connectivity index (χ4v) is 1.70. The summed E-state index contributed by atoms with van der Waals surface area (Å²) in [5, 5.41) is 0. The zero-order chi connectivity index (χ0) is 11.8. The summed E-state index contributed by atoms with van der Waals surface area (Å²) in [6.07, 6.45) is 4.37. The minimum Gasteiger partial charge on any atom is -0.493 e. The molecule has 1 rings (SSSR count). The van der Waals surface area contributed by atoms with Crippen molar-refractivity contribution in [2.24, 2.45) is 0 Å². The normalized spacial score (nSPS) is 10.4. The van der Waals surface area contributed by atoms with Gasteiger partial charge in [-0.15, -0.1) is 11.6 Å². The third-order valence-corrected chi connectivity index (χ3v) is 2.69. The van der Waals surface area contributed by atoms with Crippen molar-refractivity contribution in [3.63, 3.8) is 0 Å². The van der Waals surface area contributed by atoms with Gasteiger partial charge < -0.3 is 4.74 Å². The molecule has 1 nitrogen and oxygen atoms in total. The first-order valence-electron chi connectivity index (χ1n) is 5.69. The van der Waals surface area contributed by atoms with Crippen molar-refractivity contribution >= 4 is 11.6 Å². The number of unbranched alkanes of at least 4 members (excludes halogenated alkanes) is 3. The van der Waals surface area contributed by atoms with Crippen molar-refractivity contribution in [2.75, 3.05) is 12.5 Å². The Bertz CT molecular complexity index is 315. The zero-order valence-corrected chi connectivity index (χ0v) is 10.4. The highest BCUT2D eigenvalue weighted by atomic mass is 35.5. The number of rotatable bonds is 7. The summed E-state index contributed by atoms with van der Waals surface area (Å²) < 4.78 is 18.4. The molecule has 0 fully saturated rings. The molecule has 0 amide bonds. The molecule has 0 N–H and O–H groups in total. The summed E-state index contributed by atoms with van der Waals surface area (Å²) in [6.45, 7) is 2.54. The lowest BCUT2D eigenvalue weighted by molar-refractivity contribution is 0.302. The Labute approximate surface area is 102 Å². The molecule has 0 heterocycles. The van der Waals surface area contributed by atoms with Gasteiger partial charge in [0.15, 0.2) is 0 Å². The van der Waals surface area contributed by atoms with Gasteiger partial charge in [-0.1, -0.05) is 12.8 Å². The molecule has 16 heavy (non-hydrogen) atoms. The van der Waals surface area contributed by atoms with Crippen LogP contribution < -0.4 is 4.74 Å². The summed E-state index contributed by atoms with van der Waals surface area (Å²) in [5.74, 6) is 1.29. The number of ether oxygens (including phenoxy) is 1. The van der Waals surface area contributed by atoms with Crippen LogP contribution in [0.15, 0.2) is 18.2 Å². The number of benzene rings is 1. The molecular weight excluding hydrogens is 227 g/mol. The van der Waals surface area contributed by atoms with Crippen molar-refractivity contribution in [3.8, 4) is 5.75 Å². The van der Waals surface area contributed by atoms with Crippen LogP contribution in [0.3, 0.4) is 0 Å². The molecule has 0 aliphatic rings. The van der Waals surface area contributed by atoms with Gasteiger partial charge in [0.2, 0.25) is 0 Å². The fraction of sp³-hybridized carbons (Fsp3) is 0.538.